The third-order valence-electron chi connectivity index (χ3n) is 6.01. The van der Waals surface area contributed by atoms with Crippen LogP contribution in [0.15, 0.2) is 66.3 Å². The van der Waals surface area contributed by atoms with Gasteiger partial charge in [0.15, 0.2) is 5.13 Å². The average molecular weight is 506 g/mol. The first-order chi connectivity index (χ1) is 17.5. The Bertz CT molecular complexity index is 1390. The first kappa shape index (κ1) is 23.5. The average Bonchev–Trinajstić information content (AvgIpc) is 3.60. The van der Waals surface area contributed by atoms with E-state index in [0.29, 0.717) is 28.6 Å². The lowest BCUT2D eigenvalue weighted by molar-refractivity contribution is 0.101. The van der Waals surface area contributed by atoms with Gasteiger partial charge in [-0.25, -0.2) is 14.8 Å². The van der Waals surface area contributed by atoms with Crippen LogP contribution >= 0.6 is 11.3 Å². The molecule has 0 bridgehead atoms. The number of nitrogens with zero attached hydrogens (tertiary/aromatic N) is 4. The molecule has 184 valence electrons. The van der Waals surface area contributed by atoms with E-state index >= 15 is 0 Å². The summed E-state index contributed by atoms with van der Waals surface area (Å²) in [5.74, 6) is -0.837. The summed E-state index contributed by atoms with van der Waals surface area (Å²) >= 11 is 1.38. The molecule has 4 heterocycles. The lowest BCUT2D eigenvalue weighted by atomic mass is 10.1. The Kier molecular flexibility index (Phi) is 6.63. The van der Waals surface area contributed by atoms with Gasteiger partial charge in [0.1, 0.15) is 5.69 Å². The van der Waals surface area contributed by atoms with Crippen molar-refractivity contribution in [1.82, 2.24) is 14.5 Å². The number of aromatic nitrogens is 3. The van der Waals surface area contributed by atoms with E-state index < -0.39 is 12.0 Å². The predicted octanol–water partition coefficient (Wildman–Crippen LogP) is 4.61. The Hall–Kier alpha value is -4.25. The van der Waals surface area contributed by atoms with Gasteiger partial charge in [0, 0.05) is 42.2 Å². The van der Waals surface area contributed by atoms with Crippen molar-refractivity contribution in [2.75, 3.05) is 22.1 Å². The second kappa shape index (κ2) is 10.2. The third-order valence-corrected chi connectivity index (χ3v) is 6.79. The molecule has 0 radical (unpaired) electrons. The molecule has 1 aliphatic heterocycles. The molecule has 1 aliphatic rings. The number of anilines is 3. The molecule has 1 fully saturated rings. The molecule has 3 aromatic heterocycles. The maximum absolute atomic E-state index is 13.4. The number of nitrogens with one attached hydrogen (secondary N) is 2. The fourth-order valence-corrected chi connectivity index (χ4v) is 5.17. The van der Waals surface area contributed by atoms with Gasteiger partial charge in [0.2, 0.25) is 5.95 Å². The van der Waals surface area contributed by atoms with Crippen LogP contribution in [0.25, 0.3) is 0 Å². The van der Waals surface area contributed by atoms with E-state index in [1.54, 1.807) is 29.0 Å². The number of hydrogen-bond acceptors (Lipinski definition) is 6. The minimum absolute atomic E-state index is 0.0901. The van der Waals surface area contributed by atoms with Crippen LogP contribution < -0.4 is 21.3 Å². The van der Waals surface area contributed by atoms with Gasteiger partial charge in [0.05, 0.1) is 11.7 Å². The minimum atomic E-state index is -0.600. The molecule has 36 heavy (non-hydrogen) atoms. The van der Waals surface area contributed by atoms with Gasteiger partial charge >= 0.3 is 6.03 Å². The smallest absolute Gasteiger partial charge is 0.316 e. The number of nitrogens with two attached hydrogens (primary N) is 1. The van der Waals surface area contributed by atoms with Crippen LogP contribution in [0.4, 0.5) is 25.7 Å². The topological polar surface area (TPSA) is 118 Å². The van der Waals surface area contributed by atoms with Gasteiger partial charge in [-0.2, -0.15) is 4.39 Å². The predicted molar refractivity (Wildman–Crippen MR) is 137 cm³/mol. The molecule has 1 saturated heterocycles. The Labute approximate surface area is 210 Å². The van der Waals surface area contributed by atoms with Gasteiger partial charge in [-0.15, -0.1) is 11.3 Å². The third kappa shape index (κ3) is 5.20. The van der Waals surface area contributed by atoms with Crippen molar-refractivity contribution in [3.05, 3.63) is 89.2 Å². The molecule has 3 amide bonds. The van der Waals surface area contributed by atoms with Gasteiger partial charge in [0.25, 0.3) is 5.91 Å². The summed E-state index contributed by atoms with van der Waals surface area (Å²) in [6.45, 7) is 1.23. The second-order valence-electron chi connectivity index (χ2n) is 8.43. The summed E-state index contributed by atoms with van der Waals surface area (Å²) in [7, 11) is 0. The SMILES string of the molecule is NC(=O)Nc1ccc(N2CCC[C@@H]2c2csc(NC(=O)c3cccn3Cc3ccnc(F)c3)n2)cc1. The second-order valence-corrected chi connectivity index (χ2v) is 9.29. The highest BCUT2D eigenvalue weighted by atomic mass is 32.1. The summed E-state index contributed by atoms with van der Waals surface area (Å²) in [6.07, 6.45) is 5.16. The lowest BCUT2D eigenvalue weighted by Gasteiger charge is -2.25. The van der Waals surface area contributed by atoms with E-state index in [9.17, 15) is 14.0 Å². The number of carbonyl (C=O) groups is 2. The first-order valence-electron chi connectivity index (χ1n) is 11.4. The zero-order valence-electron chi connectivity index (χ0n) is 19.2. The molecule has 1 atom stereocenters. The minimum Gasteiger partial charge on any atom is -0.363 e. The number of primary amides is 1. The molecule has 0 saturated carbocycles. The normalized spacial score (nSPS) is 15.1. The Morgan fingerprint density at radius 1 is 1.17 bits per heavy atom. The number of carbonyl (C=O) groups excluding carboxylic acids is 2. The Morgan fingerprint density at radius 2 is 2.00 bits per heavy atom. The first-order valence-corrected chi connectivity index (χ1v) is 12.3. The van der Waals surface area contributed by atoms with Gasteiger partial charge < -0.3 is 20.5 Å². The van der Waals surface area contributed by atoms with Crippen LogP contribution in [0.1, 0.15) is 40.6 Å². The molecule has 5 rings (SSSR count). The molecule has 4 N–H and O–H groups in total. The molecule has 11 heteroatoms. The fourth-order valence-electron chi connectivity index (χ4n) is 4.42. The molecule has 0 spiro atoms. The van der Waals surface area contributed by atoms with E-state index in [-0.39, 0.29) is 11.9 Å². The van der Waals surface area contributed by atoms with Crippen LogP contribution in [0.3, 0.4) is 0 Å². The number of hydrogen-bond donors (Lipinski definition) is 3. The highest BCUT2D eigenvalue weighted by Crippen LogP contribution is 2.37. The van der Waals surface area contributed by atoms with Crippen LogP contribution in [0, 0.1) is 5.95 Å². The quantitative estimate of drug-likeness (QED) is 0.317. The van der Waals surface area contributed by atoms with Crippen molar-refractivity contribution in [2.45, 2.75) is 25.4 Å². The molecule has 0 aliphatic carbocycles. The maximum atomic E-state index is 13.4. The zero-order valence-corrected chi connectivity index (χ0v) is 20.0. The summed E-state index contributed by atoms with van der Waals surface area (Å²) < 4.78 is 15.2. The van der Waals surface area contributed by atoms with Crippen molar-refractivity contribution in [3.8, 4) is 0 Å². The monoisotopic (exact) mass is 505 g/mol. The Balaban J connectivity index is 1.27. The Morgan fingerprint density at radius 3 is 2.78 bits per heavy atom. The number of benzene rings is 1. The van der Waals surface area contributed by atoms with E-state index in [4.69, 9.17) is 10.7 Å². The molecule has 1 aromatic carbocycles. The van der Waals surface area contributed by atoms with E-state index in [1.165, 1.54) is 23.6 Å². The number of thiazole rings is 1. The highest BCUT2D eigenvalue weighted by Gasteiger charge is 2.28. The van der Waals surface area contributed by atoms with Crippen molar-refractivity contribution < 1.29 is 14.0 Å². The molecular weight excluding hydrogens is 481 g/mol. The number of rotatable bonds is 7. The number of halogens is 1. The van der Waals surface area contributed by atoms with Gasteiger partial charge in [-0.1, -0.05) is 0 Å². The number of urea groups is 1. The lowest BCUT2D eigenvalue weighted by Crippen LogP contribution is -2.23. The van der Waals surface area contributed by atoms with Crippen LogP contribution in [-0.2, 0) is 6.54 Å². The number of pyridine rings is 1. The summed E-state index contributed by atoms with van der Waals surface area (Å²) in [5, 5.41) is 7.95. The molecule has 0 unspecified atom stereocenters. The highest BCUT2D eigenvalue weighted by molar-refractivity contribution is 7.14. The summed E-state index contributed by atoms with van der Waals surface area (Å²) in [6, 6.07) is 13.6. The molecular formula is C25H24FN7O2S. The molecule has 9 nitrogen and oxygen atoms in total. The molecule has 4 aromatic rings. The largest absolute Gasteiger partial charge is 0.363 e. The standard InChI is InChI=1S/C25H24FN7O2S/c26-22-13-16(9-10-28-22)14-32-11-1-4-21(32)23(34)31-25-30-19(15-36-25)20-3-2-12-33(20)18-7-5-17(6-8-18)29-24(27)35/h1,4-11,13,15,20H,2-3,12,14H2,(H3,27,29,35)(H,30,31,34)/t20-/m1/s1. The maximum Gasteiger partial charge on any atom is 0.316 e. The summed E-state index contributed by atoms with van der Waals surface area (Å²) in [4.78, 5) is 34.6. The van der Waals surface area contributed by atoms with Crippen molar-refractivity contribution in [2.24, 2.45) is 5.73 Å². The van der Waals surface area contributed by atoms with E-state index in [1.807, 2.05) is 29.6 Å². The van der Waals surface area contributed by atoms with E-state index in [0.717, 1.165) is 30.8 Å². The summed E-state index contributed by atoms with van der Waals surface area (Å²) in [5.41, 5.74) is 8.91. The van der Waals surface area contributed by atoms with E-state index in [2.05, 4.69) is 20.5 Å². The fraction of sp³-hybridized carbons (Fsp3) is 0.200. The zero-order chi connectivity index (χ0) is 25.1. The van der Waals surface area contributed by atoms with Crippen LogP contribution in [0.5, 0.6) is 0 Å². The van der Waals surface area contributed by atoms with Gasteiger partial charge in [-0.05, 0) is 66.9 Å². The van der Waals surface area contributed by atoms with Crippen molar-refractivity contribution in [1.29, 1.82) is 0 Å². The van der Waals surface area contributed by atoms with Crippen LogP contribution in [-0.4, -0.2) is 33.0 Å². The van der Waals surface area contributed by atoms with Crippen molar-refractivity contribution >= 4 is 39.8 Å². The van der Waals surface area contributed by atoms with Gasteiger partial charge in [-0.3, -0.25) is 10.1 Å². The number of amides is 3. The van der Waals surface area contributed by atoms with Crippen molar-refractivity contribution in [3.63, 3.8) is 0 Å². The van der Waals surface area contributed by atoms with Crippen LogP contribution in [0.2, 0.25) is 0 Å².